The number of H-pyrrole nitrogens is 1. The fourth-order valence-electron chi connectivity index (χ4n) is 4.16. The first-order chi connectivity index (χ1) is 16.8. The Kier molecular flexibility index (Phi) is 14.6. The lowest BCUT2D eigenvalue weighted by Gasteiger charge is -2.16. The molecule has 1 heterocycles. The molecule has 34 heavy (non-hydrogen) atoms. The number of benzene rings is 2. The molecule has 2 aromatic carbocycles. The molecule has 0 bridgehead atoms. The third-order valence-corrected chi connectivity index (χ3v) is 6.13. The molecule has 0 atom stereocenters. The molecule has 180 valence electrons. The highest BCUT2D eigenvalue weighted by Crippen LogP contribution is 2.28. The lowest BCUT2D eigenvalue weighted by molar-refractivity contribution is 0.683. The summed E-state index contributed by atoms with van der Waals surface area (Å²) in [6.07, 6.45) is 19.1. The van der Waals surface area contributed by atoms with Crippen molar-refractivity contribution < 1.29 is 0 Å². The Balaban J connectivity index is 0.000000248. The van der Waals surface area contributed by atoms with Crippen molar-refractivity contribution in [3.05, 3.63) is 102 Å². The molecule has 0 amide bonds. The largest absolute Gasteiger partial charge is 0.348 e. The second-order valence-corrected chi connectivity index (χ2v) is 8.90. The van der Waals surface area contributed by atoms with Crippen molar-refractivity contribution in [1.29, 1.82) is 0 Å². The molecule has 3 aromatic rings. The maximum atomic E-state index is 5.52. The van der Waals surface area contributed by atoms with E-state index in [-0.39, 0.29) is 0 Å². The van der Waals surface area contributed by atoms with Crippen molar-refractivity contribution in [3.8, 4) is 0 Å². The molecule has 1 N–H and O–H groups in total. The van der Waals surface area contributed by atoms with E-state index in [1.54, 1.807) is 0 Å². The van der Waals surface area contributed by atoms with Crippen LogP contribution in [0.1, 0.15) is 93.6 Å². The zero-order valence-electron chi connectivity index (χ0n) is 21.4. The van der Waals surface area contributed by atoms with Crippen molar-refractivity contribution in [2.75, 3.05) is 0 Å². The summed E-state index contributed by atoms with van der Waals surface area (Å²) in [6, 6.07) is 21.4. The molecule has 0 unspecified atom stereocenters. The summed E-state index contributed by atoms with van der Waals surface area (Å²) < 4.78 is 0. The summed E-state index contributed by atoms with van der Waals surface area (Å²) in [5, 5.41) is 0. The molecule has 0 aliphatic heterocycles. The number of aryl methyl sites for hydroxylation is 2. The summed E-state index contributed by atoms with van der Waals surface area (Å²) in [4.78, 5) is 7.69. The van der Waals surface area contributed by atoms with Crippen LogP contribution in [0.3, 0.4) is 0 Å². The molecule has 0 saturated heterocycles. The van der Waals surface area contributed by atoms with E-state index in [2.05, 4.69) is 96.6 Å². The quantitative estimate of drug-likeness (QED) is 0.147. The fourth-order valence-corrected chi connectivity index (χ4v) is 4.16. The van der Waals surface area contributed by atoms with Crippen LogP contribution in [0.2, 0.25) is 6.32 Å². The second kappa shape index (κ2) is 17.9. The van der Waals surface area contributed by atoms with E-state index < -0.39 is 0 Å². The highest BCUT2D eigenvalue weighted by atomic mass is 14.9. The van der Waals surface area contributed by atoms with Gasteiger partial charge < -0.3 is 4.98 Å². The number of imidazole rings is 1. The highest BCUT2D eigenvalue weighted by Gasteiger charge is 2.11. The average molecular weight is 455 g/mol. The third kappa shape index (κ3) is 10.6. The maximum Gasteiger partial charge on any atom is 0.0925 e. The van der Waals surface area contributed by atoms with Crippen LogP contribution in [-0.2, 0) is 12.8 Å². The monoisotopic (exact) mass is 454 g/mol. The van der Waals surface area contributed by atoms with Crippen LogP contribution in [0.4, 0.5) is 0 Å². The lowest BCUT2D eigenvalue weighted by atomic mass is 9.88. The summed E-state index contributed by atoms with van der Waals surface area (Å²) >= 11 is 0. The van der Waals surface area contributed by atoms with E-state index in [9.17, 15) is 0 Å². The van der Waals surface area contributed by atoms with Gasteiger partial charge in [-0.25, -0.2) is 4.98 Å². The summed E-state index contributed by atoms with van der Waals surface area (Å²) in [5.41, 5.74) is 5.41. The number of aromatic amines is 1. The molecule has 0 saturated carbocycles. The standard InChI is InChI=1S/C18H19B.C13H24N2/c19-15-9-3-8-14-18(16-10-4-1-5-11-16)17-12-6-2-7-13-17;1-3-5-7-9-12-13(15-11-14-12)10-8-6-4-2/h1-8,10-13,18H,9,14-15H2;11H,3-10H2,1-2H3,(H,14,15). The Morgan fingerprint density at radius 3 is 1.94 bits per heavy atom. The average Bonchev–Trinajstić information content (AvgIpc) is 3.33. The molecular weight excluding hydrogens is 411 g/mol. The molecule has 0 fully saturated rings. The van der Waals surface area contributed by atoms with E-state index in [4.69, 9.17) is 7.85 Å². The van der Waals surface area contributed by atoms with E-state index in [0.717, 1.165) is 25.6 Å². The lowest BCUT2D eigenvalue weighted by Crippen LogP contribution is -1.99. The smallest absolute Gasteiger partial charge is 0.0925 e. The minimum atomic E-state index is 0.427. The van der Waals surface area contributed by atoms with Crippen LogP contribution in [0, 0.1) is 0 Å². The molecule has 2 nitrogen and oxygen atoms in total. The highest BCUT2D eigenvalue weighted by molar-refractivity contribution is 6.08. The third-order valence-electron chi connectivity index (χ3n) is 6.13. The molecule has 2 radical (unpaired) electrons. The zero-order valence-corrected chi connectivity index (χ0v) is 21.4. The van der Waals surface area contributed by atoms with Crippen molar-refractivity contribution in [2.45, 2.75) is 90.3 Å². The normalized spacial score (nSPS) is 11.0. The maximum absolute atomic E-state index is 5.52. The van der Waals surface area contributed by atoms with Gasteiger partial charge in [0.25, 0.3) is 0 Å². The van der Waals surface area contributed by atoms with E-state index >= 15 is 0 Å². The first-order valence-electron chi connectivity index (χ1n) is 13.3. The van der Waals surface area contributed by atoms with Gasteiger partial charge in [-0.15, -0.1) is 0 Å². The number of nitrogens with zero attached hydrogens (tertiary/aromatic N) is 1. The Hall–Kier alpha value is -2.55. The first-order valence-corrected chi connectivity index (χ1v) is 13.3. The molecule has 0 aliphatic rings. The predicted octanol–water partition coefficient (Wildman–Crippen LogP) is 8.62. The number of hydrogen-bond acceptors (Lipinski definition) is 1. The van der Waals surface area contributed by atoms with E-state index in [0.29, 0.717) is 5.92 Å². The Labute approximate surface area is 209 Å². The van der Waals surface area contributed by atoms with Gasteiger partial charge in [0, 0.05) is 11.6 Å². The van der Waals surface area contributed by atoms with Crippen LogP contribution in [-0.4, -0.2) is 17.8 Å². The number of allylic oxidation sites excluding steroid dienone is 2. The van der Waals surface area contributed by atoms with Crippen LogP contribution in [0.5, 0.6) is 0 Å². The van der Waals surface area contributed by atoms with Crippen molar-refractivity contribution >= 4 is 7.85 Å². The Morgan fingerprint density at radius 2 is 1.38 bits per heavy atom. The second-order valence-electron chi connectivity index (χ2n) is 8.90. The van der Waals surface area contributed by atoms with Gasteiger partial charge in [0.1, 0.15) is 0 Å². The number of rotatable bonds is 14. The van der Waals surface area contributed by atoms with Crippen molar-refractivity contribution in [2.24, 2.45) is 0 Å². The fraction of sp³-hybridized carbons (Fsp3) is 0.452. The molecule has 0 aliphatic carbocycles. The number of hydrogen-bond donors (Lipinski definition) is 1. The van der Waals surface area contributed by atoms with Crippen LogP contribution >= 0.6 is 0 Å². The first kappa shape index (κ1) is 27.7. The van der Waals surface area contributed by atoms with Gasteiger partial charge in [-0.05, 0) is 49.7 Å². The van der Waals surface area contributed by atoms with Gasteiger partial charge in [-0.3, -0.25) is 0 Å². The van der Waals surface area contributed by atoms with Crippen molar-refractivity contribution in [3.63, 3.8) is 0 Å². The SMILES string of the molecule is CCCCCc1nc[nH]c1CCCCC.[B]CCC=CCC(c1ccccc1)c1ccccc1. The van der Waals surface area contributed by atoms with E-state index in [1.807, 2.05) is 6.33 Å². The number of unbranched alkanes of at least 4 members (excludes halogenated alkanes) is 4. The van der Waals surface area contributed by atoms with Crippen LogP contribution in [0.15, 0.2) is 79.1 Å². The van der Waals surface area contributed by atoms with Crippen LogP contribution in [0.25, 0.3) is 0 Å². The van der Waals surface area contributed by atoms with Gasteiger partial charge in [-0.1, -0.05) is 119 Å². The molecular formula is C31H43BN2. The van der Waals surface area contributed by atoms with Gasteiger partial charge in [0.2, 0.25) is 0 Å². The predicted molar refractivity (Wildman–Crippen MR) is 149 cm³/mol. The summed E-state index contributed by atoms with van der Waals surface area (Å²) in [7, 11) is 5.52. The topological polar surface area (TPSA) is 28.7 Å². The molecule has 0 spiro atoms. The summed E-state index contributed by atoms with van der Waals surface area (Å²) in [6.45, 7) is 4.49. The van der Waals surface area contributed by atoms with Gasteiger partial charge in [0.05, 0.1) is 19.9 Å². The van der Waals surface area contributed by atoms with Gasteiger partial charge >= 0.3 is 0 Å². The summed E-state index contributed by atoms with van der Waals surface area (Å²) in [5.74, 6) is 0.427. The van der Waals surface area contributed by atoms with Crippen molar-refractivity contribution in [1.82, 2.24) is 9.97 Å². The van der Waals surface area contributed by atoms with Gasteiger partial charge in [0.15, 0.2) is 0 Å². The van der Waals surface area contributed by atoms with Gasteiger partial charge in [-0.2, -0.15) is 0 Å². The minimum absolute atomic E-state index is 0.427. The number of aromatic nitrogens is 2. The minimum Gasteiger partial charge on any atom is -0.348 e. The Bertz CT molecular complexity index is 822. The van der Waals surface area contributed by atoms with Crippen LogP contribution < -0.4 is 0 Å². The molecule has 3 rings (SSSR count). The Morgan fingerprint density at radius 1 is 0.794 bits per heavy atom. The van der Waals surface area contributed by atoms with E-state index in [1.165, 1.54) is 67.5 Å². The zero-order chi connectivity index (χ0) is 24.3. The molecule has 1 aromatic heterocycles. The number of nitrogens with one attached hydrogen (secondary N) is 1. The molecule has 3 heteroatoms.